The molecule has 0 saturated carbocycles. The molecule has 0 atom stereocenters. The summed E-state index contributed by atoms with van der Waals surface area (Å²) in [6.45, 7) is 0.259. The Hall–Kier alpha value is -1.72. The number of carbonyl (C=O) groups is 1. The summed E-state index contributed by atoms with van der Waals surface area (Å²) in [4.78, 5) is 16.5. The van der Waals surface area contributed by atoms with Gasteiger partial charge in [-0.1, -0.05) is 0 Å². The van der Waals surface area contributed by atoms with Gasteiger partial charge in [0.25, 0.3) is 5.92 Å². The molecule has 0 spiro atoms. The highest BCUT2D eigenvalue weighted by Gasteiger charge is 2.35. The maximum absolute atomic E-state index is 13.0. The molecule has 6 heteroatoms. The third kappa shape index (κ3) is 2.51. The van der Waals surface area contributed by atoms with Crippen LogP contribution in [0.25, 0.3) is 0 Å². The summed E-state index contributed by atoms with van der Waals surface area (Å²) in [7, 11) is 0. The van der Waals surface area contributed by atoms with E-state index in [1.54, 1.807) is 4.90 Å². The summed E-state index contributed by atoms with van der Waals surface area (Å²) < 4.78 is 26.0. The first-order valence-corrected chi connectivity index (χ1v) is 5.31. The molecule has 92 valence electrons. The van der Waals surface area contributed by atoms with Crippen LogP contribution < -0.4 is 4.90 Å². The highest BCUT2D eigenvalue weighted by molar-refractivity contribution is 5.93. The molecule has 1 N–H and O–H groups in total. The van der Waals surface area contributed by atoms with Crippen LogP contribution >= 0.6 is 0 Å². The Labute approximate surface area is 96.9 Å². The molecule has 2 heterocycles. The number of hydrogen-bond donors (Lipinski definition) is 1. The van der Waals surface area contributed by atoms with E-state index in [-0.39, 0.29) is 37.3 Å². The van der Waals surface area contributed by atoms with E-state index >= 15 is 0 Å². The van der Waals surface area contributed by atoms with Crippen LogP contribution in [0.5, 0.6) is 0 Å². The number of piperidine rings is 1. The SMILES string of the molecule is O=C(O)c1cccnc1N1CCC(F)(F)CC1. The summed E-state index contributed by atoms with van der Waals surface area (Å²) in [5.41, 5.74) is 0.0534. The van der Waals surface area contributed by atoms with Gasteiger partial charge in [-0.25, -0.2) is 18.6 Å². The number of rotatable bonds is 2. The van der Waals surface area contributed by atoms with E-state index in [0.717, 1.165) is 0 Å². The molecule has 1 aliphatic heterocycles. The van der Waals surface area contributed by atoms with E-state index in [1.165, 1.54) is 18.3 Å². The van der Waals surface area contributed by atoms with Crippen molar-refractivity contribution in [3.63, 3.8) is 0 Å². The predicted molar refractivity (Wildman–Crippen MR) is 57.6 cm³/mol. The number of aromatic carboxylic acids is 1. The molecule has 17 heavy (non-hydrogen) atoms. The van der Waals surface area contributed by atoms with Crippen molar-refractivity contribution in [2.45, 2.75) is 18.8 Å². The van der Waals surface area contributed by atoms with Crippen molar-refractivity contribution in [1.82, 2.24) is 4.98 Å². The summed E-state index contributed by atoms with van der Waals surface area (Å²) in [6, 6.07) is 2.95. The van der Waals surface area contributed by atoms with Crippen LogP contribution in [0.4, 0.5) is 14.6 Å². The number of carboxylic acids is 1. The number of anilines is 1. The molecule has 2 rings (SSSR count). The van der Waals surface area contributed by atoms with Gasteiger partial charge in [0.15, 0.2) is 0 Å². The molecule has 0 radical (unpaired) electrons. The molecular formula is C11H12F2N2O2. The lowest BCUT2D eigenvalue weighted by Crippen LogP contribution is -2.40. The van der Waals surface area contributed by atoms with Crippen LogP contribution in [0.1, 0.15) is 23.2 Å². The predicted octanol–water partition coefficient (Wildman–Crippen LogP) is 2.02. The zero-order valence-corrected chi connectivity index (χ0v) is 9.07. The van der Waals surface area contributed by atoms with Gasteiger partial charge < -0.3 is 10.0 Å². The van der Waals surface area contributed by atoms with Gasteiger partial charge in [-0.3, -0.25) is 0 Å². The average Bonchev–Trinajstić information content (AvgIpc) is 2.29. The minimum absolute atomic E-state index is 0.0534. The molecule has 1 fully saturated rings. The van der Waals surface area contributed by atoms with Gasteiger partial charge in [-0.15, -0.1) is 0 Å². The molecule has 1 aromatic rings. The van der Waals surface area contributed by atoms with E-state index in [9.17, 15) is 13.6 Å². The first-order valence-electron chi connectivity index (χ1n) is 5.31. The summed E-state index contributed by atoms with van der Waals surface area (Å²) in [5, 5.41) is 8.98. The number of carboxylic acid groups (broad SMARTS) is 1. The lowest BCUT2D eigenvalue weighted by Gasteiger charge is -2.33. The summed E-state index contributed by atoms with van der Waals surface area (Å²) in [5.74, 6) is -3.46. The quantitative estimate of drug-likeness (QED) is 0.862. The molecule has 1 aromatic heterocycles. The van der Waals surface area contributed by atoms with Crippen molar-refractivity contribution in [3.8, 4) is 0 Å². The van der Waals surface area contributed by atoms with Crippen LogP contribution in [-0.2, 0) is 0 Å². The average molecular weight is 242 g/mol. The Balaban J connectivity index is 2.21. The highest BCUT2D eigenvalue weighted by Crippen LogP contribution is 2.30. The van der Waals surface area contributed by atoms with Crippen LogP contribution in [-0.4, -0.2) is 35.1 Å². The van der Waals surface area contributed by atoms with E-state index < -0.39 is 11.9 Å². The van der Waals surface area contributed by atoms with Gasteiger partial charge >= 0.3 is 5.97 Å². The number of halogens is 2. The first-order chi connectivity index (χ1) is 7.99. The fourth-order valence-corrected chi connectivity index (χ4v) is 1.86. The highest BCUT2D eigenvalue weighted by atomic mass is 19.3. The third-order valence-electron chi connectivity index (χ3n) is 2.81. The largest absolute Gasteiger partial charge is 0.478 e. The van der Waals surface area contributed by atoms with Gasteiger partial charge in [0.2, 0.25) is 0 Å². The monoisotopic (exact) mass is 242 g/mol. The minimum Gasteiger partial charge on any atom is -0.478 e. The molecule has 1 saturated heterocycles. The minimum atomic E-state index is -2.64. The summed E-state index contributed by atoms with van der Waals surface area (Å²) in [6.07, 6.45) is 0.944. The third-order valence-corrected chi connectivity index (χ3v) is 2.81. The van der Waals surface area contributed by atoms with Crippen molar-refractivity contribution >= 4 is 11.8 Å². The van der Waals surface area contributed by atoms with Crippen molar-refractivity contribution in [3.05, 3.63) is 23.9 Å². The fraction of sp³-hybridized carbons (Fsp3) is 0.455. The Bertz CT molecular complexity index is 427. The topological polar surface area (TPSA) is 53.4 Å². The molecular weight excluding hydrogens is 230 g/mol. The molecule has 0 amide bonds. The molecule has 4 nitrogen and oxygen atoms in total. The standard InChI is InChI=1S/C11H12F2N2O2/c12-11(13)3-6-15(7-4-11)9-8(10(16)17)2-1-5-14-9/h1-2,5H,3-4,6-7H2,(H,16,17). The second-order valence-corrected chi connectivity index (χ2v) is 4.02. The molecule has 0 aliphatic carbocycles. The van der Waals surface area contributed by atoms with Gasteiger partial charge in [-0.05, 0) is 12.1 Å². The second-order valence-electron chi connectivity index (χ2n) is 4.02. The maximum atomic E-state index is 13.0. The van der Waals surface area contributed by atoms with Gasteiger partial charge in [0.1, 0.15) is 11.4 Å². The molecule has 0 aromatic carbocycles. The van der Waals surface area contributed by atoms with Crippen LogP contribution in [0.2, 0.25) is 0 Å². The lowest BCUT2D eigenvalue weighted by molar-refractivity contribution is -0.0221. The summed E-state index contributed by atoms with van der Waals surface area (Å²) >= 11 is 0. The van der Waals surface area contributed by atoms with Gasteiger partial charge in [-0.2, -0.15) is 0 Å². The van der Waals surface area contributed by atoms with E-state index in [0.29, 0.717) is 0 Å². The van der Waals surface area contributed by atoms with Crippen LogP contribution in [0.15, 0.2) is 18.3 Å². The second kappa shape index (κ2) is 4.27. The smallest absolute Gasteiger partial charge is 0.339 e. The number of aromatic nitrogens is 1. The number of pyridine rings is 1. The first kappa shape index (κ1) is 11.8. The zero-order chi connectivity index (χ0) is 12.5. The number of hydrogen-bond acceptors (Lipinski definition) is 3. The Morgan fingerprint density at radius 1 is 1.41 bits per heavy atom. The van der Waals surface area contributed by atoms with Gasteiger partial charge in [0.05, 0.1) is 0 Å². The van der Waals surface area contributed by atoms with Crippen molar-refractivity contribution in [2.75, 3.05) is 18.0 Å². The zero-order valence-electron chi connectivity index (χ0n) is 9.07. The molecule has 0 unspecified atom stereocenters. The van der Waals surface area contributed by atoms with Crippen LogP contribution in [0, 0.1) is 0 Å². The molecule has 1 aliphatic rings. The Morgan fingerprint density at radius 2 is 2.06 bits per heavy atom. The van der Waals surface area contributed by atoms with E-state index in [1.807, 2.05) is 0 Å². The Morgan fingerprint density at radius 3 is 2.65 bits per heavy atom. The van der Waals surface area contributed by atoms with Crippen molar-refractivity contribution < 1.29 is 18.7 Å². The lowest BCUT2D eigenvalue weighted by atomic mass is 10.1. The maximum Gasteiger partial charge on any atom is 0.339 e. The van der Waals surface area contributed by atoms with Gasteiger partial charge in [0, 0.05) is 32.1 Å². The van der Waals surface area contributed by atoms with Crippen LogP contribution in [0.3, 0.4) is 0 Å². The van der Waals surface area contributed by atoms with Crippen molar-refractivity contribution in [2.24, 2.45) is 0 Å². The fourth-order valence-electron chi connectivity index (χ4n) is 1.86. The van der Waals surface area contributed by atoms with E-state index in [2.05, 4.69) is 4.98 Å². The molecule has 0 bridgehead atoms. The van der Waals surface area contributed by atoms with Crippen molar-refractivity contribution in [1.29, 1.82) is 0 Å². The Kier molecular flexibility index (Phi) is 2.95. The normalized spacial score (nSPS) is 19.1. The number of alkyl halides is 2. The number of nitrogens with zero attached hydrogens (tertiary/aromatic N) is 2. The van der Waals surface area contributed by atoms with E-state index in [4.69, 9.17) is 5.11 Å².